The van der Waals surface area contributed by atoms with Crippen LogP contribution >= 0.6 is 0 Å². The molecule has 2 bridgehead atoms. The van der Waals surface area contributed by atoms with Gasteiger partial charge in [0.15, 0.2) is 0 Å². The summed E-state index contributed by atoms with van der Waals surface area (Å²) >= 11 is 0. The summed E-state index contributed by atoms with van der Waals surface area (Å²) in [7, 11) is 0. The fourth-order valence-electron chi connectivity index (χ4n) is 2.83. The monoisotopic (exact) mass is 167 g/mol. The molecule has 3 nitrogen and oxygen atoms in total. The van der Waals surface area contributed by atoms with Crippen molar-refractivity contribution < 1.29 is 9.90 Å². The Balaban J connectivity index is 1.85. The van der Waals surface area contributed by atoms with Gasteiger partial charge in [0, 0.05) is 12.1 Å². The van der Waals surface area contributed by atoms with Crippen LogP contribution in [0.5, 0.6) is 0 Å². The van der Waals surface area contributed by atoms with Crippen LogP contribution in [0.2, 0.25) is 0 Å². The van der Waals surface area contributed by atoms with Crippen LogP contribution in [-0.4, -0.2) is 34.1 Å². The molecule has 12 heavy (non-hydrogen) atoms. The Morgan fingerprint density at radius 2 is 1.92 bits per heavy atom. The summed E-state index contributed by atoms with van der Waals surface area (Å²) in [6, 6.07) is 1.13. The molecule has 4 aliphatic rings. The van der Waals surface area contributed by atoms with Crippen LogP contribution < -0.4 is 0 Å². The van der Waals surface area contributed by atoms with E-state index in [9.17, 15) is 4.79 Å². The number of carboxylic acid groups (broad SMARTS) is 1. The van der Waals surface area contributed by atoms with E-state index in [1.165, 1.54) is 12.8 Å². The first-order chi connectivity index (χ1) is 5.77. The zero-order valence-corrected chi connectivity index (χ0v) is 6.94. The van der Waals surface area contributed by atoms with Crippen molar-refractivity contribution in [3.8, 4) is 0 Å². The Kier molecular flexibility index (Phi) is 1.16. The van der Waals surface area contributed by atoms with Crippen molar-refractivity contribution in [3.63, 3.8) is 0 Å². The van der Waals surface area contributed by atoms with Gasteiger partial charge in [-0.15, -0.1) is 0 Å². The Morgan fingerprint density at radius 3 is 2.42 bits per heavy atom. The Hall–Kier alpha value is -0.570. The van der Waals surface area contributed by atoms with Crippen molar-refractivity contribution in [3.05, 3.63) is 0 Å². The zero-order chi connectivity index (χ0) is 8.29. The fraction of sp³-hybridized carbons (Fsp3) is 0.889. The van der Waals surface area contributed by atoms with Gasteiger partial charge in [0.25, 0.3) is 0 Å². The lowest BCUT2D eigenvalue weighted by atomic mass is 9.83. The van der Waals surface area contributed by atoms with E-state index in [-0.39, 0.29) is 6.04 Å². The Bertz CT molecular complexity index is 231. The molecular formula is C9H13NO2. The number of rotatable bonds is 2. The molecule has 2 heterocycles. The largest absolute Gasteiger partial charge is 0.480 e. The number of hydrogen-bond acceptors (Lipinski definition) is 2. The number of aliphatic carboxylic acids is 1. The van der Waals surface area contributed by atoms with Crippen molar-refractivity contribution >= 4 is 5.97 Å². The molecule has 2 aliphatic carbocycles. The second-order valence-electron chi connectivity index (χ2n) is 4.35. The zero-order valence-electron chi connectivity index (χ0n) is 6.94. The molecule has 4 fully saturated rings. The molecule has 2 aliphatic heterocycles. The van der Waals surface area contributed by atoms with Gasteiger partial charge in [0.05, 0.1) is 0 Å². The summed E-state index contributed by atoms with van der Waals surface area (Å²) in [6.07, 6.45) is 4.75. The first kappa shape index (κ1) is 6.89. The predicted molar refractivity (Wildman–Crippen MR) is 42.8 cm³/mol. The Labute approximate surface area is 71.4 Å². The number of carboxylic acids is 1. The minimum Gasteiger partial charge on any atom is -0.480 e. The van der Waals surface area contributed by atoms with Crippen LogP contribution in [0, 0.1) is 5.92 Å². The van der Waals surface area contributed by atoms with E-state index < -0.39 is 5.97 Å². The number of nitrogens with zero attached hydrogens (tertiary/aromatic N) is 1. The van der Waals surface area contributed by atoms with Gasteiger partial charge in [-0.1, -0.05) is 0 Å². The molecule has 4 rings (SSSR count). The highest BCUT2D eigenvalue weighted by Gasteiger charge is 2.57. The number of hydrogen-bond donors (Lipinski definition) is 1. The van der Waals surface area contributed by atoms with Crippen LogP contribution in [0.25, 0.3) is 0 Å². The highest BCUT2D eigenvalue weighted by Crippen LogP contribution is 2.50. The summed E-state index contributed by atoms with van der Waals surface area (Å²) in [5.74, 6) is -0.111. The maximum absolute atomic E-state index is 10.9. The minimum atomic E-state index is -0.591. The smallest absolute Gasteiger partial charge is 0.321 e. The van der Waals surface area contributed by atoms with E-state index in [0.717, 1.165) is 12.8 Å². The second-order valence-corrected chi connectivity index (χ2v) is 4.35. The van der Waals surface area contributed by atoms with Crippen LogP contribution in [0.1, 0.15) is 25.7 Å². The van der Waals surface area contributed by atoms with Crippen LogP contribution in [0.3, 0.4) is 0 Å². The first-order valence-corrected chi connectivity index (χ1v) is 4.77. The normalized spacial score (nSPS) is 45.8. The van der Waals surface area contributed by atoms with Crippen molar-refractivity contribution in [1.82, 2.24) is 4.90 Å². The van der Waals surface area contributed by atoms with Gasteiger partial charge in [0.2, 0.25) is 0 Å². The summed E-state index contributed by atoms with van der Waals surface area (Å²) in [6.45, 7) is 0. The molecule has 66 valence electrons. The lowest BCUT2D eigenvalue weighted by Gasteiger charge is -2.25. The van der Waals surface area contributed by atoms with Gasteiger partial charge < -0.3 is 5.11 Å². The second kappa shape index (κ2) is 2.02. The van der Waals surface area contributed by atoms with Gasteiger partial charge in [-0.25, -0.2) is 0 Å². The SMILES string of the molecule is O=C(O)C1C2CC(C2)N1C1CC1. The topological polar surface area (TPSA) is 40.5 Å². The number of carbonyl (C=O) groups is 1. The molecule has 0 radical (unpaired) electrons. The maximum Gasteiger partial charge on any atom is 0.321 e. The van der Waals surface area contributed by atoms with Crippen molar-refractivity contribution in [1.29, 1.82) is 0 Å². The number of fused-ring (bicyclic) bond motifs is 1. The molecule has 1 unspecified atom stereocenters. The molecule has 0 aromatic rings. The lowest BCUT2D eigenvalue weighted by molar-refractivity contribution is -0.142. The summed E-state index contributed by atoms with van der Waals surface area (Å²) < 4.78 is 0. The molecule has 3 heteroatoms. The van der Waals surface area contributed by atoms with Gasteiger partial charge >= 0.3 is 5.97 Å². The van der Waals surface area contributed by atoms with Gasteiger partial charge in [0.1, 0.15) is 6.04 Å². The first-order valence-electron chi connectivity index (χ1n) is 4.77. The molecule has 1 atom stereocenters. The molecule has 0 spiro atoms. The van der Waals surface area contributed by atoms with E-state index in [2.05, 4.69) is 4.90 Å². The van der Waals surface area contributed by atoms with Crippen LogP contribution in [0.15, 0.2) is 0 Å². The molecule has 0 aromatic heterocycles. The van der Waals surface area contributed by atoms with Gasteiger partial charge in [-0.05, 0) is 31.6 Å². The standard InChI is InChI=1S/C9H13NO2/c11-9(12)8-5-3-7(4-5)10(8)6-1-2-6/h5-8H,1-4H2,(H,11,12). The van der Waals surface area contributed by atoms with E-state index in [1.54, 1.807) is 0 Å². The third-order valence-corrected chi connectivity index (χ3v) is 3.56. The van der Waals surface area contributed by atoms with E-state index in [1.807, 2.05) is 0 Å². The van der Waals surface area contributed by atoms with E-state index >= 15 is 0 Å². The molecule has 0 aromatic carbocycles. The molecular weight excluding hydrogens is 154 g/mol. The third-order valence-electron chi connectivity index (χ3n) is 3.56. The summed E-state index contributed by atoms with van der Waals surface area (Å²) in [4.78, 5) is 13.2. The van der Waals surface area contributed by atoms with Crippen molar-refractivity contribution in [2.45, 2.75) is 43.8 Å². The van der Waals surface area contributed by atoms with Gasteiger partial charge in [-0.3, -0.25) is 9.69 Å². The van der Waals surface area contributed by atoms with Crippen LogP contribution in [-0.2, 0) is 4.79 Å². The molecule has 2 saturated heterocycles. The fourth-order valence-corrected chi connectivity index (χ4v) is 2.83. The predicted octanol–water partition coefficient (Wildman–Crippen LogP) is 0.696. The highest BCUT2D eigenvalue weighted by molar-refractivity contribution is 5.75. The van der Waals surface area contributed by atoms with Crippen molar-refractivity contribution in [2.75, 3.05) is 0 Å². The molecule has 2 saturated carbocycles. The summed E-state index contributed by atoms with van der Waals surface area (Å²) in [5, 5.41) is 9.02. The lowest BCUT2D eigenvalue weighted by Crippen LogP contribution is -2.38. The van der Waals surface area contributed by atoms with Gasteiger partial charge in [-0.2, -0.15) is 0 Å². The maximum atomic E-state index is 10.9. The minimum absolute atomic E-state index is 0.123. The van der Waals surface area contributed by atoms with Crippen molar-refractivity contribution in [2.24, 2.45) is 5.92 Å². The van der Waals surface area contributed by atoms with E-state index in [0.29, 0.717) is 18.0 Å². The third kappa shape index (κ3) is 0.724. The summed E-state index contributed by atoms with van der Waals surface area (Å²) in [5.41, 5.74) is 0. The van der Waals surface area contributed by atoms with E-state index in [4.69, 9.17) is 5.11 Å². The molecule has 0 amide bonds. The quantitative estimate of drug-likeness (QED) is 0.658. The average molecular weight is 167 g/mol. The Morgan fingerprint density at radius 1 is 1.25 bits per heavy atom. The highest BCUT2D eigenvalue weighted by atomic mass is 16.4. The molecule has 1 N–H and O–H groups in total. The van der Waals surface area contributed by atoms with Crippen LogP contribution in [0.4, 0.5) is 0 Å². The average Bonchev–Trinajstić information content (AvgIpc) is 2.60.